The second-order valence-corrected chi connectivity index (χ2v) is 6.34. The highest BCUT2D eigenvalue weighted by atomic mass is 35.5. The lowest BCUT2D eigenvalue weighted by atomic mass is 9.95. The zero-order valence-corrected chi connectivity index (χ0v) is 12.4. The molecular weight excluding hydrogens is 274 g/mol. The third kappa shape index (κ3) is 3.66. The van der Waals surface area contributed by atoms with Crippen molar-refractivity contribution in [3.63, 3.8) is 0 Å². The molecule has 3 nitrogen and oxygen atoms in total. The topological polar surface area (TPSA) is 41.5 Å². The van der Waals surface area contributed by atoms with Crippen molar-refractivity contribution in [1.82, 2.24) is 5.32 Å². The quantitative estimate of drug-likeness (QED) is 0.876. The molecule has 2 fully saturated rings. The molecule has 0 saturated heterocycles. The summed E-state index contributed by atoms with van der Waals surface area (Å²) < 4.78 is 5.89. The monoisotopic (exact) mass is 295 g/mol. The van der Waals surface area contributed by atoms with Crippen molar-refractivity contribution < 1.29 is 9.84 Å². The molecule has 1 aromatic rings. The third-order valence-corrected chi connectivity index (χ3v) is 4.41. The Morgan fingerprint density at radius 3 is 2.70 bits per heavy atom. The summed E-state index contributed by atoms with van der Waals surface area (Å²) in [7, 11) is 0. The lowest BCUT2D eigenvalue weighted by molar-refractivity contribution is 0.00692. The van der Waals surface area contributed by atoms with E-state index in [-0.39, 0.29) is 12.2 Å². The van der Waals surface area contributed by atoms with Gasteiger partial charge in [0.1, 0.15) is 11.9 Å². The van der Waals surface area contributed by atoms with Crippen LogP contribution in [0.5, 0.6) is 5.75 Å². The summed E-state index contributed by atoms with van der Waals surface area (Å²) in [5.74, 6) is 0.688. The van der Waals surface area contributed by atoms with Crippen LogP contribution in [0.3, 0.4) is 0 Å². The van der Waals surface area contributed by atoms with Crippen molar-refractivity contribution in [2.75, 3.05) is 0 Å². The molecule has 110 valence electrons. The molecule has 0 amide bonds. The Morgan fingerprint density at radius 1 is 1.20 bits per heavy atom. The van der Waals surface area contributed by atoms with Crippen LogP contribution in [-0.4, -0.2) is 23.4 Å². The Kier molecular flexibility index (Phi) is 4.49. The van der Waals surface area contributed by atoms with E-state index in [0.717, 1.165) is 32.2 Å². The van der Waals surface area contributed by atoms with Crippen LogP contribution in [-0.2, 0) is 6.54 Å². The van der Waals surface area contributed by atoms with E-state index in [1.807, 2.05) is 18.2 Å². The van der Waals surface area contributed by atoms with E-state index in [1.54, 1.807) is 0 Å². The van der Waals surface area contributed by atoms with Gasteiger partial charge in [0.15, 0.2) is 0 Å². The van der Waals surface area contributed by atoms with Gasteiger partial charge < -0.3 is 15.2 Å². The number of halogens is 1. The van der Waals surface area contributed by atoms with Crippen molar-refractivity contribution in [1.29, 1.82) is 0 Å². The van der Waals surface area contributed by atoms with Crippen molar-refractivity contribution in [2.45, 2.75) is 63.3 Å². The molecule has 0 radical (unpaired) electrons. The fourth-order valence-corrected chi connectivity index (χ4v) is 2.93. The predicted molar refractivity (Wildman–Crippen MR) is 80.2 cm³/mol. The predicted octanol–water partition coefficient (Wildman–Crippen LogP) is 3.27. The Balaban J connectivity index is 1.60. The maximum Gasteiger partial charge on any atom is 0.138 e. The summed E-state index contributed by atoms with van der Waals surface area (Å²) in [4.78, 5) is 0. The lowest BCUT2D eigenvalue weighted by Gasteiger charge is -2.28. The lowest BCUT2D eigenvalue weighted by Crippen LogP contribution is -2.34. The summed E-state index contributed by atoms with van der Waals surface area (Å²) >= 11 is 6.29. The highest BCUT2D eigenvalue weighted by molar-refractivity contribution is 6.32. The van der Waals surface area contributed by atoms with Gasteiger partial charge in [0.25, 0.3) is 0 Å². The first-order chi connectivity index (χ1) is 9.72. The van der Waals surface area contributed by atoms with Crippen molar-refractivity contribution in [3.05, 3.63) is 28.8 Å². The molecular formula is C16H22ClNO2. The van der Waals surface area contributed by atoms with Crippen molar-refractivity contribution >= 4 is 11.6 Å². The number of aliphatic hydroxyl groups excluding tert-OH is 1. The van der Waals surface area contributed by atoms with Gasteiger partial charge in [-0.1, -0.05) is 24.1 Å². The normalized spacial score (nSPS) is 26.5. The molecule has 2 atom stereocenters. The number of hydrogen-bond donors (Lipinski definition) is 2. The third-order valence-electron chi connectivity index (χ3n) is 4.11. The smallest absolute Gasteiger partial charge is 0.138 e. The fraction of sp³-hybridized carbons (Fsp3) is 0.625. The van der Waals surface area contributed by atoms with Gasteiger partial charge in [-0.3, -0.25) is 0 Å². The molecule has 0 heterocycles. The molecule has 0 bridgehead atoms. The second kappa shape index (κ2) is 6.33. The van der Waals surface area contributed by atoms with E-state index < -0.39 is 0 Å². The van der Waals surface area contributed by atoms with Gasteiger partial charge in [-0.2, -0.15) is 0 Å². The van der Waals surface area contributed by atoms with E-state index in [2.05, 4.69) is 5.32 Å². The van der Waals surface area contributed by atoms with E-state index in [9.17, 15) is 5.11 Å². The molecule has 1 aromatic carbocycles. The minimum Gasteiger partial charge on any atom is -0.486 e. The summed E-state index contributed by atoms with van der Waals surface area (Å²) in [6, 6.07) is 6.63. The van der Waals surface area contributed by atoms with Gasteiger partial charge in [-0.15, -0.1) is 0 Å². The maximum absolute atomic E-state index is 9.95. The molecule has 2 aliphatic carbocycles. The van der Waals surface area contributed by atoms with E-state index in [4.69, 9.17) is 16.3 Å². The van der Waals surface area contributed by atoms with Crippen LogP contribution >= 0.6 is 11.6 Å². The first kappa shape index (κ1) is 14.2. The maximum atomic E-state index is 9.95. The average Bonchev–Trinajstić information content (AvgIpc) is 3.26. The van der Waals surface area contributed by atoms with Crippen LogP contribution in [0.1, 0.15) is 44.1 Å². The number of aliphatic hydroxyl groups is 1. The van der Waals surface area contributed by atoms with Gasteiger partial charge in [0.2, 0.25) is 0 Å². The fourth-order valence-electron chi connectivity index (χ4n) is 2.68. The van der Waals surface area contributed by atoms with Gasteiger partial charge in [-0.25, -0.2) is 0 Å². The largest absolute Gasteiger partial charge is 0.486 e. The van der Waals surface area contributed by atoms with Crippen LogP contribution in [0.2, 0.25) is 5.02 Å². The number of ether oxygens (including phenoxy) is 1. The van der Waals surface area contributed by atoms with Crippen LogP contribution in [0.25, 0.3) is 0 Å². The van der Waals surface area contributed by atoms with Crippen LogP contribution < -0.4 is 10.1 Å². The highest BCUT2D eigenvalue weighted by Crippen LogP contribution is 2.30. The van der Waals surface area contributed by atoms with E-state index >= 15 is 0 Å². The molecule has 0 spiro atoms. The number of hydrogen-bond acceptors (Lipinski definition) is 3. The Labute approximate surface area is 125 Å². The van der Waals surface area contributed by atoms with Gasteiger partial charge >= 0.3 is 0 Å². The number of benzene rings is 1. The summed E-state index contributed by atoms with van der Waals surface area (Å²) in [6.45, 7) is 0.858. The Hall–Kier alpha value is -0.770. The summed E-state index contributed by atoms with van der Waals surface area (Å²) in [6.07, 6.45) is 6.02. The van der Waals surface area contributed by atoms with Gasteiger partial charge in [0.05, 0.1) is 11.1 Å². The van der Waals surface area contributed by atoms with Crippen LogP contribution in [0.4, 0.5) is 0 Å². The van der Waals surface area contributed by atoms with E-state index in [1.165, 1.54) is 18.4 Å². The van der Waals surface area contributed by atoms with Crippen molar-refractivity contribution in [3.8, 4) is 5.75 Å². The zero-order chi connectivity index (χ0) is 13.9. The minimum atomic E-state index is -0.365. The second-order valence-electron chi connectivity index (χ2n) is 5.93. The standard InChI is InChI=1S/C16H22ClNO2/c17-13-9-11(10-18-12-6-7-12)5-8-15(13)20-16-4-2-1-3-14(16)19/h5,8-9,12,14,16,18-19H,1-4,6-7,10H2. The first-order valence-electron chi connectivity index (χ1n) is 7.59. The molecule has 0 aliphatic heterocycles. The Morgan fingerprint density at radius 2 is 2.00 bits per heavy atom. The van der Waals surface area contributed by atoms with Gasteiger partial charge in [-0.05, 0) is 49.8 Å². The van der Waals surface area contributed by atoms with Gasteiger partial charge in [0, 0.05) is 12.6 Å². The van der Waals surface area contributed by atoms with E-state index in [0.29, 0.717) is 16.8 Å². The average molecular weight is 296 g/mol. The molecule has 2 saturated carbocycles. The zero-order valence-electron chi connectivity index (χ0n) is 11.6. The summed E-state index contributed by atoms with van der Waals surface area (Å²) in [5.41, 5.74) is 1.18. The number of rotatable bonds is 5. The molecule has 2 N–H and O–H groups in total. The molecule has 3 rings (SSSR count). The minimum absolute atomic E-state index is 0.114. The molecule has 2 unspecified atom stereocenters. The molecule has 0 aromatic heterocycles. The molecule has 4 heteroatoms. The van der Waals surface area contributed by atoms with Crippen LogP contribution in [0.15, 0.2) is 18.2 Å². The Bertz CT molecular complexity index is 462. The summed E-state index contributed by atoms with van der Waals surface area (Å²) in [5, 5.41) is 14.1. The number of nitrogens with one attached hydrogen (secondary N) is 1. The molecule has 2 aliphatic rings. The first-order valence-corrected chi connectivity index (χ1v) is 7.97. The highest BCUT2D eigenvalue weighted by Gasteiger charge is 2.25. The van der Waals surface area contributed by atoms with Crippen LogP contribution in [0, 0.1) is 0 Å². The molecule has 20 heavy (non-hydrogen) atoms. The SMILES string of the molecule is OC1CCCCC1Oc1ccc(CNC2CC2)cc1Cl. The van der Waals surface area contributed by atoms with Crippen molar-refractivity contribution in [2.24, 2.45) is 0 Å².